The van der Waals surface area contributed by atoms with E-state index < -0.39 is 9.05 Å². The fourth-order valence-electron chi connectivity index (χ4n) is 0. The Morgan fingerprint density at radius 3 is 0.857 bits per heavy atom. The van der Waals surface area contributed by atoms with Crippen molar-refractivity contribution in [2.24, 2.45) is 0 Å². The van der Waals surface area contributed by atoms with Gasteiger partial charge >= 0.3 is 9.05 Å². The molecule has 0 spiro atoms. The fourth-order valence-corrected chi connectivity index (χ4v) is 0. The number of hydrogen-bond acceptors (Lipinski definition) is 4. The van der Waals surface area contributed by atoms with Gasteiger partial charge in [-0.3, -0.25) is 0 Å². The predicted molar refractivity (Wildman–Crippen MR) is 14.6 cm³/mol. The Kier molecular flexibility index (Phi) is 15.8. The minimum Gasteiger partial charge on any atom is -0.368 e. The van der Waals surface area contributed by atoms with Crippen molar-refractivity contribution in [3.8, 4) is 0 Å². The van der Waals surface area contributed by atoms with Crippen LogP contribution in [0, 0.1) is 78.6 Å². The van der Waals surface area contributed by atoms with Gasteiger partial charge in [-0.25, -0.2) is 0 Å². The van der Waals surface area contributed by atoms with Crippen molar-refractivity contribution in [1.29, 1.82) is 0 Å². The Morgan fingerprint density at radius 2 is 0.857 bits per heavy atom. The second-order valence-electron chi connectivity index (χ2n) is 0.600. The van der Waals surface area contributed by atoms with Crippen LogP contribution in [0.15, 0.2) is 0 Å². The summed E-state index contributed by atoms with van der Waals surface area (Å²) < 4.78 is 0. The molecule has 0 heterocycles. The number of hydrogen-bond donors (Lipinski definition) is 4. The van der Waals surface area contributed by atoms with Crippen LogP contribution in [0.5, 0.6) is 0 Å². The average Bonchev–Trinajstić information content (AvgIpc) is 0.722. The maximum absolute atomic E-state index is 7.33. The zero-order chi connectivity index (χ0) is 4.50. The van der Waals surface area contributed by atoms with Crippen LogP contribution >= 0.6 is 0 Å². The molecule has 0 saturated heterocycles. The molecule has 7 heavy (non-hydrogen) atoms. The molecule has 0 aromatic heterocycles. The van der Waals surface area contributed by atoms with Crippen LogP contribution in [0.2, 0.25) is 0 Å². The molecule has 4 nitrogen and oxygen atoms in total. The molecule has 7 heteroatoms. The van der Waals surface area contributed by atoms with Gasteiger partial charge in [0.25, 0.3) is 0 Å². The van der Waals surface area contributed by atoms with Crippen molar-refractivity contribution in [2.45, 2.75) is 0 Å². The van der Waals surface area contributed by atoms with Crippen LogP contribution in [-0.4, -0.2) is 28.2 Å². The van der Waals surface area contributed by atoms with Gasteiger partial charge in [0.2, 0.25) is 0 Å². The van der Waals surface area contributed by atoms with Crippen molar-refractivity contribution >= 4 is 9.05 Å². The van der Waals surface area contributed by atoms with E-state index in [9.17, 15) is 0 Å². The zero-order valence-electron chi connectivity index (χ0n) is 3.05. The first-order valence-corrected chi connectivity index (χ1v) is 2.68. The third-order valence-corrected chi connectivity index (χ3v) is 0. The molecule has 0 bridgehead atoms. The van der Waals surface area contributed by atoms with E-state index in [2.05, 4.69) is 0 Å². The first-order valence-electron chi connectivity index (χ1n) is 0.894. The Bertz CT molecular complexity index is 27.2. The van der Waals surface area contributed by atoms with E-state index in [1.54, 1.807) is 0 Å². The SMILES string of the molecule is O[Si](O)(O)O.[Ce].[Lu]. The van der Waals surface area contributed by atoms with Gasteiger partial charge in [0.15, 0.2) is 0 Å². The molecule has 0 unspecified atom stereocenters. The molecule has 0 aliphatic carbocycles. The molecule has 0 amide bonds. The van der Waals surface area contributed by atoms with E-state index in [0.717, 1.165) is 0 Å². The summed E-state index contributed by atoms with van der Waals surface area (Å²) >= 11 is 0. The molecule has 0 aliphatic heterocycles. The van der Waals surface area contributed by atoms with Gasteiger partial charge < -0.3 is 19.2 Å². The summed E-state index contributed by atoms with van der Waals surface area (Å²) in [5.41, 5.74) is 0. The van der Waals surface area contributed by atoms with Gasteiger partial charge in [-0.1, -0.05) is 0 Å². The van der Waals surface area contributed by atoms with Crippen LogP contribution in [0.3, 0.4) is 0 Å². The number of rotatable bonds is 0. The molecule has 0 rings (SSSR count). The summed E-state index contributed by atoms with van der Waals surface area (Å²) in [6.07, 6.45) is 0. The second-order valence-corrected chi connectivity index (χ2v) is 1.80. The maximum Gasteiger partial charge on any atom is 0.668 e. The van der Waals surface area contributed by atoms with Gasteiger partial charge in [-0.05, 0) is 0 Å². The van der Waals surface area contributed by atoms with Crippen LogP contribution in [-0.2, 0) is 0 Å². The molecular weight excluding hydrogens is 407 g/mol. The Balaban J connectivity index is -0.0000000800. The van der Waals surface area contributed by atoms with Crippen molar-refractivity contribution in [2.75, 3.05) is 0 Å². The van der Waals surface area contributed by atoms with E-state index in [-0.39, 0.29) is 78.6 Å². The first kappa shape index (κ1) is 16.3. The summed E-state index contributed by atoms with van der Waals surface area (Å²) in [4.78, 5) is 29.3. The maximum atomic E-state index is 7.33. The molecule has 1 radical (unpaired) electrons. The van der Waals surface area contributed by atoms with Crippen molar-refractivity contribution in [1.82, 2.24) is 0 Å². The average molecular weight is 411 g/mol. The van der Waals surface area contributed by atoms with E-state index in [1.807, 2.05) is 0 Å². The Labute approximate surface area is 105 Å². The third-order valence-electron chi connectivity index (χ3n) is 0. The molecule has 0 atom stereocenters. The molecular formula is H4CeLuO4Si. The van der Waals surface area contributed by atoms with Gasteiger partial charge in [-0.15, -0.1) is 0 Å². The molecule has 0 fully saturated rings. The summed E-state index contributed by atoms with van der Waals surface area (Å²) in [6.45, 7) is 0. The van der Waals surface area contributed by atoms with Crippen LogP contribution in [0.25, 0.3) is 0 Å². The standard InChI is InChI=1S/Ce.Lu.H4O4Si/c;;1-5(2,3)4/h;;1-4H. The molecule has 4 N–H and O–H groups in total. The van der Waals surface area contributed by atoms with Crippen molar-refractivity contribution < 1.29 is 97.8 Å². The Hall–Kier alpha value is 2.67. The summed E-state index contributed by atoms with van der Waals surface area (Å²) in [7, 11) is -4.61. The topological polar surface area (TPSA) is 80.9 Å². The molecule has 0 aliphatic rings. The van der Waals surface area contributed by atoms with Crippen LogP contribution < -0.4 is 0 Å². The quantitative estimate of drug-likeness (QED) is 0.330. The first-order chi connectivity index (χ1) is 2.00. The minimum absolute atomic E-state index is 0. The Morgan fingerprint density at radius 1 is 0.857 bits per heavy atom. The normalized spacial score (nSPS) is 8.57. The molecule has 0 saturated carbocycles. The zero-order valence-corrected chi connectivity index (χ0v) is 8.84. The van der Waals surface area contributed by atoms with E-state index in [4.69, 9.17) is 19.2 Å². The van der Waals surface area contributed by atoms with Crippen molar-refractivity contribution in [3.05, 3.63) is 0 Å². The van der Waals surface area contributed by atoms with E-state index in [1.165, 1.54) is 0 Å². The van der Waals surface area contributed by atoms with Gasteiger partial charge in [-0.2, -0.15) is 0 Å². The van der Waals surface area contributed by atoms with E-state index >= 15 is 0 Å². The fraction of sp³-hybridized carbons (Fsp3) is 0. The van der Waals surface area contributed by atoms with Gasteiger partial charge in [0.1, 0.15) is 0 Å². The van der Waals surface area contributed by atoms with Gasteiger partial charge in [0.05, 0.1) is 0 Å². The molecule has 0 aromatic rings. The monoisotopic (exact) mass is 411 g/mol. The molecule has 51 valence electrons. The summed E-state index contributed by atoms with van der Waals surface area (Å²) in [5.74, 6) is 0. The third kappa shape index (κ3) is 54.2. The minimum atomic E-state index is -4.61. The largest absolute Gasteiger partial charge is 0.668 e. The summed E-state index contributed by atoms with van der Waals surface area (Å²) in [6, 6.07) is 0. The molecule has 0 aromatic carbocycles. The van der Waals surface area contributed by atoms with Crippen LogP contribution in [0.4, 0.5) is 0 Å². The summed E-state index contributed by atoms with van der Waals surface area (Å²) in [5, 5.41) is 0. The van der Waals surface area contributed by atoms with Crippen molar-refractivity contribution in [3.63, 3.8) is 0 Å². The van der Waals surface area contributed by atoms with Crippen LogP contribution in [0.1, 0.15) is 0 Å². The van der Waals surface area contributed by atoms with Gasteiger partial charge in [0, 0.05) is 78.6 Å². The predicted octanol–water partition coefficient (Wildman–Crippen LogP) is -2.61. The smallest absolute Gasteiger partial charge is 0.368 e. The second kappa shape index (κ2) is 6.78. The van der Waals surface area contributed by atoms with E-state index in [0.29, 0.717) is 0 Å².